The molecule has 17 nitrogen and oxygen atoms in total. The molecule has 4 aliphatic rings. The van der Waals surface area contributed by atoms with Crippen LogP contribution in [0.4, 0.5) is 20.3 Å². The molecule has 0 aliphatic carbocycles. The number of imide groups is 1. The molecule has 4 aliphatic heterocycles. The zero-order valence-electron chi connectivity index (χ0n) is 37.6. The molecule has 9 rings (SSSR count). The summed E-state index contributed by atoms with van der Waals surface area (Å²) in [7, 11) is 0. The number of ether oxygens (including phenoxy) is 1. The van der Waals surface area contributed by atoms with Crippen molar-refractivity contribution in [3.8, 4) is 22.9 Å². The molecule has 3 N–H and O–H groups in total. The van der Waals surface area contributed by atoms with Crippen molar-refractivity contribution in [1.29, 1.82) is 5.26 Å². The number of nitrogens with one attached hydrogen (secondary N) is 3. The van der Waals surface area contributed by atoms with Gasteiger partial charge in [0.2, 0.25) is 17.7 Å². The highest BCUT2D eigenvalue weighted by Crippen LogP contribution is 2.34. The first-order valence-electron chi connectivity index (χ1n) is 23.0. The number of hydrogen-bond donors (Lipinski definition) is 3. The Bertz CT molecular complexity index is 2810. The lowest BCUT2D eigenvalue weighted by Gasteiger charge is -2.41. The lowest BCUT2D eigenvalue weighted by atomic mass is 9.85. The van der Waals surface area contributed by atoms with Gasteiger partial charge in [0, 0.05) is 87.4 Å². The molecule has 0 saturated carbocycles. The Kier molecular flexibility index (Phi) is 13.0. The van der Waals surface area contributed by atoms with Crippen LogP contribution in [-0.2, 0) is 20.9 Å². The summed E-state index contributed by atoms with van der Waals surface area (Å²) in [5.74, 6) is -2.67. The summed E-state index contributed by atoms with van der Waals surface area (Å²) in [4.78, 5) is 77.9. The zero-order valence-corrected chi connectivity index (χ0v) is 37.6. The molecule has 0 spiro atoms. The number of unbranched alkanes of at least 4 members (excludes halogenated alkanes) is 1. The van der Waals surface area contributed by atoms with Crippen LogP contribution in [0.25, 0.3) is 16.6 Å². The fourth-order valence-corrected chi connectivity index (χ4v) is 9.68. The van der Waals surface area contributed by atoms with Gasteiger partial charge in [-0.25, -0.2) is 18.3 Å². The van der Waals surface area contributed by atoms with Gasteiger partial charge in [-0.2, -0.15) is 10.4 Å². The molecule has 19 heteroatoms. The molecule has 5 amide bonds. The maximum Gasteiger partial charge on any atom is 0.255 e. The van der Waals surface area contributed by atoms with Gasteiger partial charge in [0.15, 0.2) is 0 Å². The van der Waals surface area contributed by atoms with Crippen LogP contribution >= 0.6 is 0 Å². The van der Waals surface area contributed by atoms with E-state index in [2.05, 4.69) is 36.9 Å². The number of amides is 5. The second-order valence-corrected chi connectivity index (χ2v) is 17.6. The number of carbonyl (C=O) groups is 5. The molecule has 3 fully saturated rings. The third kappa shape index (κ3) is 9.28. The molecule has 1 unspecified atom stereocenters. The number of halogens is 2. The number of anilines is 2. The van der Waals surface area contributed by atoms with Crippen molar-refractivity contribution in [3.63, 3.8) is 0 Å². The van der Waals surface area contributed by atoms with E-state index in [9.17, 15) is 38.0 Å². The number of fused-ring (bicyclic) bond motifs is 2. The molecular formula is C49H51F2N11O6. The van der Waals surface area contributed by atoms with Crippen LogP contribution < -0.4 is 30.5 Å². The highest BCUT2D eigenvalue weighted by Gasteiger charge is 2.44. The summed E-state index contributed by atoms with van der Waals surface area (Å²) in [5, 5.41) is 22.3. The predicted molar refractivity (Wildman–Crippen MR) is 246 cm³/mol. The number of piperazine rings is 1. The average Bonchev–Trinajstić information content (AvgIpc) is 3.92. The summed E-state index contributed by atoms with van der Waals surface area (Å²) >= 11 is 0. The van der Waals surface area contributed by atoms with Crippen molar-refractivity contribution in [2.45, 2.75) is 63.6 Å². The normalized spacial score (nSPS) is 18.3. The Balaban J connectivity index is 0.789. The van der Waals surface area contributed by atoms with Crippen molar-refractivity contribution < 1.29 is 37.5 Å². The fraction of sp³-hybridized carbons (Fsp3) is 0.388. The van der Waals surface area contributed by atoms with E-state index < -0.39 is 46.5 Å². The van der Waals surface area contributed by atoms with Crippen LogP contribution in [0.5, 0.6) is 5.75 Å². The average molecular weight is 928 g/mol. The number of hydrogen-bond acceptors (Lipinski definition) is 12. The third-order valence-corrected chi connectivity index (χ3v) is 13.4. The van der Waals surface area contributed by atoms with Crippen LogP contribution in [0.15, 0.2) is 73.2 Å². The summed E-state index contributed by atoms with van der Waals surface area (Å²) in [5.41, 5.74) is 3.07. The molecule has 3 aromatic heterocycles. The third-order valence-electron chi connectivity index (χ3n) is 13.4. The monoisotopic (exact) mass is 927 g/mol. The summed E-state index contributed by atoms with van der Waals surface area (Å²) in [6.07, 6.45) is 7.28. The fourth-order valence-electron chi connectivity index (χ4n) is 9.68. The van der Waals surface area contributed by atoms with Gasteiger partial charge in [0.1, 0.15) is 40.9 Å². The van der Waals surface area contributed by atoms with E-state index in [4.69, 9.17) is 9.72 Å². The smallest absolute Gasteiger partial charge is 0.255 e. The number of nitriles is 1. The maximum absolute atomic E-state index is 14.8. The lowest BCUT2D eigenvalue weighted by Crippen LogP contribution is -2.63. The maximum atomic E-state index is 14.8. The molecule has 352 valence electrons. The van der Waals surface area contributed by atoms with Gasteiger partial charge < -0.3 is 30.1 Å². The van der Waals surface area contributed by atoms with Crippen LogP contribution in [0, 0.1) is 23.0 Å². The first-order valence-corrected chi connectivity index (χ1v) is 23.0. The number of nitrogens with zero attached hydrogens (tertiary/aromatic N) is 8. The van der Waals surface area contributed by atoms with Crippen LogP contribution in [0.3, 0.4) is 0 Å². The van der Waals surface area contributed by atoms with Gasteiger partial charge >= 0.3 is 0 Å². The minimum atomic E-state index is -1.41. The van der Waals surface area contributed by atoms with Gasteiger partial charge in [-0.05, 0) is 106 Å². The molecule has 0 bridgehead atoms. The number of aromatic nitrogens is 3. The highest BCUT2D eigenvalue weighted by molar-refractivity contribution is 6.05. The molecule has 68 heavy (non-hydrogen) atoms. The SMILES string of the molecule is CCOc1cc(-c2ccc(N3CCC(NC(=O)c4cc(F)ccc4F)(C(=O)NCCCCN4CCN(c5ccc6c(c5)CN(C5CCC(=O)NC5=O)C6=O)CC4)CC3)nc2)c2c(C#N)cnn2c1. The number of carbonyl (C=O) groups excluding carboxylic acids is 5. The second kappa shape index (κ2) is 19.4. The lowest BCUT2D eigenvalue weighted by molar-refractivity contribution is -0.137. The van der Waals surface area contributed by atoms with Crippen molar-refractivity contribution in [2.75, 3.05) is 68.8 Å². The molecule has 0 radical (unpaired) electrons. The number of benzene rings is 2. The van der Waals surface area contributed by atoms with Crippen LogP contribution in [0.1, 0.15) is 77.3 Å². The minimum Gasteiger partial charge on any atom is -0.492 e. The highest BCUT2D eigenvalue weighted by atomic mass is 19.1. The van der Waals surface area contributed by atoms with E-state index in [0.29, 0.717) is 73.8 Å². The molecule has 1 atom stereocenters. The Morgan fingerprint density at radius 2 is 1.75 bits per heavy atom. The Morgan fingerprint density at radius 1 is 0.941 bits per heavy atom. The van der Waals surface area contributed by atoms with Gasteiger partial charge in [-0.1, -0.05) is 0 Å². The zero-order chi connectivity index (χ0) is 47.5. The number of rotatable bonds is 14. The summed E-state index contributed by atoms with van der Waals surface area (Å²) in [6, 6.07) is 15.6. The topological polar surface area (TPSA) is 198 Å². The van der Waals surface area contributed by atoms with Crippen molar-refractivity contribution in [3.05, 3.63) is 107 Å². The van der Waals surface area contributed by atoms with E-state index in [-0.39, 0.29) is 31.1 Å². The van der Waals surface area contributed by atoms with Gasteiger partial charge in [0.25, 0.3) is 11.8 Å². The van der Waals surface area contributed by atoms with Crippen LogP contribution in [-0.4, -0.2) is 124 Å². The van der Waals surface area contributed by atoms with Crippen molar-refractivity contribution in [1.82, 2.24) is 40.3 Å². The van der Waals surface area contributed by atoms with E-state index in [1.807, 2.05) is 48.2 Å². The molecule has 7 heterocycles. The first kappa shape index (κ1) is 45.7. The predicted octanol–water partition coefficient (Wildman–Crippen LogP) is 4.19. The standard InChI is InChI=1S/C49H51F2N11O6/c1-2-68-36-25-38(44-33(26-52)28-55-62(44)30-36)31-5-11-42(54-27-31)60-17-13-49(14-18-60,57-45(64)39-24-34(50)6-9-40(39)51)48(67)53-15-3-4-16-58-19-21-59(22-20-58)35-7-8-37-32(23-35)29-61(47(37)66)41-10-12-43(63)56-46(41)65/h5-9,11,23-25,27-28,30,41H,2-4,10,12-22,29H2,1H3,(H,53,67)(H,57,64)(H,56,63,65). The van der Waals surface area contributed by atoms with E-state index in [1.54, 1.807) is 21.8 Å². The molecular weight excluding hydrogens is 877 g/mol. The van der Waals surface area contributed by atoms with Crippen molar-refractivity contribution in [2.24, 2.45) is 0 Å². The Morgan fingerprint density at radius 3 is 2.49 bits per heavy atom. The van der Waals surface area contributed by atoms with Gasteiger partial charge in [-0.3, -0.25) is 34.2 Å². The number of pyridine rings is 2. The van der Waals surface area contributed by atoms with Crippen molar-refractivity contribution >= 4 is 46.6 Å². The quantitative estimate of drug-likeness (QED) is 0.106. The Labute approximate surface area is 391 Å². The Hall–Kier alpha value is -7.46. The summed E-state index contributed by atoms with van der Waals surface area (Å²) < 4.78 is 36.3. The summed E-state index contributed by atoms with van der Waals surface area (Å²) in [6.45, 7) is 7.68. The molecule has 3 saturated heterocycles. The van der Waals surface area contributed by atoms with Crippen LogP contribution in [0.2, 0.25) is 0 Å². The molecule has 2 aromatic carbocycles. The second-order valence-electron chi connectivity index (χ2n) is 17.6. The largest absolute Gasteiger partial charge is 0.492 e. The van der Waals surface area contributed by atoms with Gasteiger partial charge in [-0.15, -0.1) is 0 Å². The first-order chi connectivity index (χ1) is 32.9. The van der Waals surface area contributed by atoms with E-state index >= 15 is 0 Å². The minimum absolute atomic E-state index is 0.173. The number of piperidine rings is 2. The van der Waals surface area contributed by atoms with E-state index in [1.165, 1.54) is 6.20 Å². The molecule has 5 aromatic rings. The van der Waals surface area contributed by atoms with E-state index in [0.717, 1.165) is 79.7 Å². The van der Waals surface area contributed by atoms with Gasteiger partial charge in [0.05, 0.1) is 35.6 Å².